The highest BCUT2D eigenvalue weighted by Gasteiger charge is 2.19. The van der Waals surface area contributed by atoms with Crippen molar-refractivity contribution in [2.45, 2.75) is 32.6 Å². The van der Waals surface area contributed by atoms with Gasteiger partial charge >= 0.3 is 6.00 Å². The summed E-state index contributed by atoms with van der Waals surface area (Å²) >= 11 is 16.9. The first kappa shape index (κ1) is 11.8. The number of halogens is 3. The molecule has 0 aromatic rings. The third kappa shape index (κ3) is 10.8. The van der Waals surface area contributed by atoms with Crippen LogP contribution in [0.5, 0.6) is 0 Å². The first-order valence-electron chi connectivity index (χ1n) is 3.80. The van der Waals surface area contributed by atoms with Crippen molar-refractivity contribution in [1.82, 2.24) is 0 Å². The van der Waals surface area contributed by atoms with E-state index in [0.29, 0.717) is 0 Å². The van der Waals surface area contributed by atoms with E-state index in [9.17, 15) is 0 Å². The maximum absolute atomic E-state index is 5.63. The number of allylic oxidation sites excluding steroid dienone is 1. The largest absolute Gasteiger partial charge is 0.365 e. The molecule has 11 heavy (non-hydrogen) atoms. The van der Waals surface area contributed by atoms with E-state index >= 15 is 0 Å². The SMILES string of the molecule is CCCCCC=C[Si](Cl)(Cl)Cl. The summed E-state index contributed by atoms with van der Waals surface area (Å²) < 4.78 is 0. The lowest BCUT2D eigenvalue weighted by Gasteiger charge is -1.98. The van der Waals surface area contributed by atoms with E-state index in [2.05, 4.69) is 6.92 Å². The molecule has 0 heterocycles. The van der Waals surface area contributed by atoms with Gasteiger partial charge in [-0.25, -0.2) is 0 Å². The second-order valence-electron chi connectivity index (χ2n) is 2.44. The number of hydrogen-bond acceptors (Lipinski definition) is 0. The Bertz CT molecular complexity index is 117. The predicted octanol–water partition coefficient (Wildman–Crippen LogP) is 4.32. The van der Waals surface area contributed by atoms with Crippen LogP contribution in [0, 0.1) is 0 Å². The van der Waals surface area contributed by atoms with Crippen LogP contribution < -0.4 is 0 Å². The Labute approximate surface area is 83.6 Å². The van der Waals surface area contributed by atoms with E-state index in [4.69, 9.17) is 33.2 Å². The van der Waals surface area contributed by atoms with Crippen molar-refractivity contribution >= 4 is 39.2 Å². The fourth-order valence-electron chi connectivity index (χ4n) is 0.729. The molecule has 0 atom stereocenters. The van der Waals surface area contributed by atoms with Gasteiger partial charge in [0.1, 0.15) is 0 Å². The Morgan fingerprint density at radius 2 is 1.82 bits per heavy atom. The van der Waals surface area contributed by atoms with Gasteiger partial charge in [0, 0.05) is 0 Å². The van der Waals surface area contributed by atoms with Crippen molar-refractivity contribution < 1.29 is 0 Å². The van der Waals surface area contributed by atoms with Gasteiger partial charge in [-0.1, -0.05) is 31.5 Å². The summed E-state index contributed by atoms with van der Waals surface area (Å²) in [6.45, 7) is 2.17. The molecule has 0 nitrogen and oxygen atoms in total. The van der Waals surface area contributed by atoms with E-state index in [1.165, 1.54) is 19.3 Å². The molecule has 0 bridgehead atoms. The lowest BCUT2D eigenvalue weighted by atomic mass is 10.2. The zero-order valence-electron chi connectivity index (χ0n) is 6.62. The maximum atomic E-state index is 5.63. The predicted molar refractivity (Wildman–Crippen MR) is 56.6 cm³/mol. The van der Waals surface area contributed by atoms with Gasteiger partial charge in [-0.2, -0.15) is 0 Å². The second-order valence-corrected chi connectivity index (χ2v) is 11.0. The molecule has 0 aromatic heterocycles. The molecule has 0 aliphatic heterocycles. The normalized spacial score (nSPS) is 12.7. The minimum absolute atomic E-state index is 1.04. The van der Waals surface area contributed by atoms with Crippen LogP contribution in [-0.2, 0) is 0 Å². The molecule has 0 saturated carbocycles. The van der Waals surface area contributed by atoms with Gasteiger partial charge in [-0.15, -0.1) is 33.2 Å². The molecule has 0 unspecified atom stereocenters. The minimum Gasteiger partial charge on any atom is -0.121 e. The zero-order chi connectivity index (χ0) is 8.74. The molecule has 0 N–H and O–H groups in total. The van der Waals surface area contributed by atoms with Crippen LogP contribution in [0.25, 0.3) is 0 Å². The van der Waals surface area contributed by atoms with E-state index in [-0.39, 0.29) is 0 Å². The molecule has 4 heteroatoms. The third-order valence-corrected chi connectivity index (χ3v) is 3.03. The fourth-order valence-corrected chi connectivity index (χ4v) is 1.96. The summed E-state index contributed by atoms with van der Waals surface area (Å²) in [6, 6.07) is -2.48. The molecule has 0 aliphatic rings. The summed E-state index contributed by atoms with van der Waals surface area (Å²) in [5.74, 6) is 0. The van der Waals surface area contributed by atoms with E-state index in [0.717, 1.165) is 6.42 Å². The highest BCUT2D eigenvalue weighted by Crippen LogP contribution is 2.21. The van der Waals surface area contributed by atoms with Gasteiger partial charge in [0.2, 0.25) is 0 Å². The van der Waals surface area contributed by atoms with Crippen molar-refractivity contribution in [2.75, 3.05) is 0 Å². The molecule has 0 fully saturated rings. The molecule has 0 rings (SSSR count). The van der Waals surface area contributed by atoms with Gasteiger partial charge in [0.25, 0.3) is 0 Å². The third-order valence-electron chi connectivity index (χ3n) is 1.28. The Balaban J connectivity index is 3.30. The van der Waals surface area contributed by atoms with Crippen LogP contribution in [0.1, 0.15) is 32.6 Å². The summed E-state index contributed by atoms with van der Waals surface area (Å²) in [5.41, 5.74) is 1.74. The van der Waals surface area contributed by atoms with E-state index in [1.54, 1.807) is 5.70 Å². The van der Waals surface area contributed by atoms with Crippen LogP contribution in [0.15, 0.2) is 11.8 Å². The van der Waals surface area contributed by atoms with Crippen molar-refractivity contribution in [3.8, 4) is 0 Å². The number of unbranched alkanes of at least 4 members (excludes halogenated alkanes) is 3. The molecule has 0 radical (unpaired) electrons. The molecule has 66 valence electrons. The Morgan fingerprint density at radius 1 is 1.18 bits per heavy atom. The fraction of sp³-hybridized carbons (Fsp3) is 0.714. The standard InChI is InChI=1S/C7H13Cl3Si/c1-2-3-4-5-6-7-11(8,9)10/h6-7H,2-5H2,1H3. The van der Waals surface area contributed by atoms with Crippen molar-refractivity contribution in [3.05, 3.63) is 11.8 Å². The average molecular weight is 232 g/mol. The molecule has 0 aromatic carbocycles. The molecular weight excluding hydrogens is 219 g/mol. The lowest BCUT2D eigenvalue weighted by molar-refractivity contribution is 0.729. The van der Waals surface area contributed by atoms with Gasteiger partial charge in [-0.05, 0) is 12.8 Å². The molecule has 0 saturated heterocycles. The monoisotopic (exact) mass is 230 g/mol. The van der Waals surface area contributed by atoms with E-state index < -0.39 is 6.00 Å². The Kier molecular flexibility index (Phi) is 6.83. The van der Waals surface area contributed by atoms with Crippen molar-refractivity contribution in [3.63, 3.8) is 0 Å². The first-order chi connectivity index (χ1) is 5.06. The second kappa shape index (κ2) is 6.35. The topological polar surface area (TPSA) is 0 Å². The van der Waals surface area contributed by atoms with Gasteiger partial charge < -0.3 is 0 Å². The molecule has 0 spiro atoms. The van der Waals surface area contributed by atoms with Gasteiger partial charge in [0.05, 0.1) is 0 Å². The maximum Gasteiger partial charge on any atom is 0.365 e. The molecule has 0 aliphatic carbocycles. The number of rotatable bonds is 5. The van der Waals surface area contributed by atoms with E-state index in [1.807, 2.05) is 6.08 Å². The smallest absolute Gasteiger partial charge is 0.121 e. The Morgan fingerprint density at radius 3 is 2.27 bits per heavy atom. The summed E-state index contributed by atoms with van der Waals surface area (Å²) in [6.07, 6.45) is 6.70. The van der Waals surface area contributed by atoms with Crippen LogP contribution in [-0.4, -0.2) is 6.00 Å². The Hall–Kier alpha value is 0.827. The number of hydrogen-bond donors (Lipinski definition) is 0. The average Bonchev–Trinajstić information content (AvgIpc) is 1.85. The summed E-state index contributed by atoms with van der Waals surface area (Å²) in [4.78, 5) is 0. The van der Waals surface area contributed by atoms with Crippen LogP contribution >= 0.6 is 33.2 Å². The van der Waals surface area contributed by atoms with Gasteiger partial charge in [-0.3, -0.25) is 0 Å². The zero-order valence-corrected chi connectivity index (χ0v) is 9.88. The first-order valence-corrected chi connectivity index (χ1v) is 8.92. The van der Waals surface area contributed by atoms with Gasteiger partial charge in [0.15, 0.2) is 0 Å². The highest BCUT2D eigenvalue weighted by atomic mass is 35.8. The summed E-state index contributed by atoms with van der Waals surface area (Å²) in [5, 5.41) is 0. The molecular formula is C7H13Cl3Si. The lowest BCUT2D eigenvalue weighted by Crippen LogP contribution is -2.02. The quantitative estimate of drug-likeness (QED) is 0.376. The summed E-state index contributed by atoms with van der Waals surface area (Å²) in [7, 11) is 0. The van der Waals surface area contributed by atoms with Crippen molar-refractivity contribution in [2.24, 2.45) is 0 Å². The van der Waals surface area contributed by atoms with Crippen LogP contribution in [0.4, 0.5) is 0 Å². The van der Waals surface area contributed by atoms with Crippen molar-refractivity contribution in [1.29, 1.82) is 0 Å². The highest BCUT2D eigenvalue weighted by molar-refractivity contribution is 7.66. The van der Waals surface area contributed by atoms with Crippen LogP contribution in [0.3, 0.4) is 0 Å². The molecule has 0 amide bonds. The van der Waals surface area contributed by atoms with Crippen LogP contribution in [0.2, 0.25) is 0 Å². The minimum atomic E-state index is -2.48.